The second kappa shape index (κ2) is 4.47. The van der Waals surface area contributed by atoms with Crippen LogP contribution in [-0.2, 0) is 16.8 Å². The Morgan fingerprint density at radius 3 is 1.21 bits per heavy atom. The molecule has 0 fully saturated rings. The lowest BCUT2D eigenvalue weighted by Crippen LogP contribution is -2.24. The summed E-state index contributed by atoms with van der Waals surface area (Å²) >= 11 is 0. The maximum Gasteiger partial charge on any atom is 0.127 e. The van der Waals surface area contributed by atoms with Gasteiger partial charge >= 0.3 is 0 Å². The summed E-state index contributed by atoms with van der Waals surface area (Å²) in [7, 11) is 0. The van der Waals surface area contributed by atoms with E-state index in [0.717, 1.165) is 0 Å². The molecule has 0 saturated heterocycles. The summed E-state index contributed by atoms with van der Waals surface area (Å²) in [6.07, 6.45) is 0. The number of phenols is 1. The Bertz CT molecular complexity index is 435. The van der Waals surface area contributed by atoms with E-state index in [0.29, 0.717) is 5.56 Å². The molecule has 4 heteroatoms. The fourth-order valence-corrected chi connectivity index (χ4v) is 1.92. The van der Waals surface area contributed by atoms with E-state index in [9.17, 15) is 20.4 Å². The summed E-state index contributed by atoms with van der Waals surface area (Å²) in [5, 5.41) is 40.6. The molecule has 19 heavy (non-hydrogen) atoms. The van der Waals surface area contributed by atoms with Gasteiger partial charge in [-0.15, -0.1) is 0 Å². The Morgan fingerprint density at radius 2 is 1.00 bits per heavy atom. The van der Waals surface area contributed by atoms with Gasteiger partial charge in [0.1, 0.15) is 5.75 Å². The number of aromatic hydroxyl groups is 1. The van der Waals surface area contributed by atoms with E-state index in [2.05, 4.69) is 0 Å². The van der Waals surface area contributed by atoms with E-state index < -0.39 is 16.8 Å². The first-order valence-electron chi connectivity index (χ1n) is 6.30. The van der Waals surface area contributed by atoms with Gasteiger partial charge in [-0.3, -0.25) is 0 Å². The molecule has 1 rings (SSSR count). The standard InChI is InChI=1S/C15H24O4/c1-13(2,17)9-7-10(14(3,4)18)12(16)11(8-9)15(5,6)19/h7-8,16-19H,1-6H3. The maximum absolute atomic E-state index is 10.2. The minimum absolute atomic E-state index is 0.145. The van der Waals surface area contributed by atoms with Gasteiger partial charge in [-0.05, 0) is 59.2 Å². The zero-order chi connectivity index (χ0) is 15.2. The molecule has 4 N–H and O–H groups in total. The van der Waals surface area contributed by atoms with Gasteiger partial charge in [-0.25, -0.2) is 0 Å². The molecule has 0 aliphatic carbocycles. The Hall–Kier alpha value is -1.10. The van der Waals surface area contributed by atoms with Gasteiger partial charge in [0.15, 0.2) is 0 Å². The Labute approximate surface area is 114 Å². The number of hydrogen-bond donors (Lipinski definition) is 4. The molecular formula is C15H24O4. The number of rotatable bonds is 3. The van der Waals surface area contributed by atoms with Gasteiger partial charge < -0.3 is 20.4 Å². The van der Waals surface area contributed by atoms with Crippen molar-refractivity contribution in [2.75, 3.05) is 0 Å². The Balaban J connectivity index is 3.68. The topological polar surface area (TPSA) is 80.9 Å². The molecule has 108 valence electrons. The van der Waals surface area contributed by atoms with Crippen LogP contribution in [0.25, 0.3) is 0 Å². The predicted octanol–water partition coefficient (Wildman–Crippen LogP) is 2.07. The first-order chi connectivity index (χ1) is 8.24. The molecular weight excluding hydrogens is 244 g/mol. The van der Waals surface area contributed by atoms with Crippen LogP contribution in [0.15, 0.2) is 12.1 Å². The minimum Gasteiger partial charge on any atom is -0.507 e. The minimum atomic E-state index is -1.27. The third-order valence-electron chi connectivity index (χ3n) is 3.13. The molecule has 0 aliphatic rings. The first kappa shape index (κ1) is 16.0. The first-order valence-corrected chi connectivity index (χ1v) is 6.30. The zero-order valence-corrected chi connectivity index (χ0v) is 12.4. The average Bonchev–Trinajstić information content (AvgIpc) is 2.11. The molecule has 0 aromatic heterocycles. The molecule has 1 aromatic rings. The third kappa shape index (κ3) is 3.47. The average molecular weight is 268 g/mol. The molecule has 0 atom stereocenters. The summed E-state index contributed by atoms with van der Waals surface area (Å²) < 4.78 is 0. The van der Waals surface area contributed by atoms with E-state index in [1.165, 1.54) is 0 Å². The van der Waals surface area contributed by atoms with Crippen molar-refractivity contribution in [3.05, 3.63) is 28.8 Å². The summed E-state index contributed by atoms with van der Waals surface area (Å²) in [6.45, 7) is 9.41. The van der Waals surface area contributed by atoms with Gasteiger partial charge in [0, 0.05) is 11.1 Å². The lowest BCUT2D eigenvalue weighted by atomic mass is 9.84. The Morgan fingerprint density at radius 1 is 0.684 bits per heavy atom. The van der Waals surface area contributed by atoms with Crippen LogP contribution in [0, 0.1) is 0 Å². The van der Waals surface area contributed by atoms with E-state index in [1.807, 2.05) is 0 Å². The van der Waals surface area contributed by atoms with Crippen molar-refractivity contribution >= 4 is 0 Å². The summed E-state index contributed by atoms with van der Waals surface area (Å²) in [5.74, 6) is -0.145. The summed E-state index contributed by atoms with van der Waals surface area (Å²) in [5.41, 5.74) is -2.59. The van der Waals surface area contributed by atoms with Gasteiger partial charge in [0.25, 0.3) is 0 Å². The number of hydrogen-bond acceptors (Lipinski definition) is 4. The van der Waals surface area contributed by atoms with Crippen molar-refractivity contribution in [3.63, 3.8) is 0 Å². The van der Waals surface area contributed by atoms with E-state index >= 15 is 0 Å². The molecule has 0 unspecified atom stereocenters. The molecule has 0 aliphatic heterocycles. The fraction of sp³-hybridized carbons (Fsp3) is 0.600. The second-order valence-electron chi connectivity index (χ2n) is 6.60. The van der Waals surface area contributed by atoms with E-state index in [-0.39, 0.29) is 16.9 Å². The highest BCUT2D eigenvalue weighted by molar-refractivity contribution is 5.49. The van der Waals surface area contributed by atoms with Crippen molar-refractivity contribution in [1.82, 2.24) is 0 Å². The van der Waals surface area contributed by atoms with E-state index in [1.54, 1.807) is 53.7 Å². The number of phenolic OH excluding ortho intramolecular Hbond substituents is 1. The predicted molar refractivity (Wildman–Crippen MR) is 73.8 cm³/mol. The molecule has 0 bridgehead atoms. The highest BCUT2D eigenvalue weighted by Gasteiger charge is 2.31. The zero-order valence-electron chi connectivity index (χ0n) is 12.4. The van der Waals surface area contributed by atoms with Gasteiger partial charge in [-0.1, -0.05) is 0 Å². The molecule has 1 aromatic carbocycles. The van der Waals surface area contributed by atoms with Crippen LogP contribution in [0.2, 0.25) is 0 Å². The summed E-state index contributed by atoms with van der Waals surface area (Å²) in [4.78, 5) is 0. The molecule has 0 heterocycles. The van der Waals surface area contributed by atoms with Crippen LogP contribution in [0.4, 0.5) is 0 Å². The van der Waals surface area contributed by atoms with Crippen LogP contribution < -0.4 is 0 Å². The molecule has 0 amide bonds. The van der Waals surface area contributed by atoms with Crippen molar-refractivity contribution < 1.29 is 20.4 Å². The number of aliphatic hydroxyl groups is 3. The molecule has 0 radical (unpaired) electrons. The third-order valence-corrected chi connectivity index (χ3v) is 3.13. The Kier molecular flexibility index (Phi) is 3.76. The van der Waals surface area contributed by atoms with Crippen LogP contribution in [0.1, 0.15) is 58.2 Å². The SMILES string of the molecule is CC(C)(O)c1cc(C(C)(C)O)c(O)c(C(C)(C)O)c1. The van der Waals surface area contributed by atoms with Crippen LogP contribution in [-0.4, -0.2) is 20.4 Å². The lowest BCUT2D eigenvalue weighted by Gasteiger charge is -2.29. The smallest absolute Gasteiger partial charge is 0.127 e. The number of benzene rings is 1. The summed E-state index contributed by atoms with van der Waals surface area (Å²) in [6, 6.07) is 3.12. The maximum atomic E-state index is 10.2. The van der Waals surface area contributed by atoms with Crippen molar-refractivity contribution in [2.24, 2.45) is 0 Å². The van der Waals surface area contributed by atoms with Gasteiger partial charge in [0.05, 0.1) is 16.8 Å². The molecule has 0 spiro atoms. The monoisotopic (exact) mass is 268 g/mol. The van der Waals surface area contributed by atoms with Crippen molar-refractivity contribution in [3.8, 4) is 5.75 Å². The van der Waals surface area contributed by atoms with Gasteiger partial charge in [0.2, 0.25) is 0 Å². The normalized spacial score (nSPS) is 13.7. The van der Waals surface area contributed by atoms with Crippen LogP contribution in [0.5, 0.6) is 5.75 Å². The molecule has 4 nitrogen and oxygen atoms in total. The quantitative estimate of drug-likeness (QED) is 0.676. The fourth-order valence-electron chi connectivity index (χ4n) is 1.92. The lowest BCUT2D eigenvalue weighted by molar-refractivity contribution is 0.0610. The highest BCUT2D eigenvalue weighted by atomic mass is 16.3. The van der Waals surface area contributed by atoms with Crippen molar-refractivity contribution in [1.29, 1.82) is 0 Å². The van der Waals surface area contributed by atoms with Crippen molar-refractivity contribution in [2.45, 2.75) is 58.3 Å². The van der Waals surface area contributed by atoms with Gasteiger partial charge in [-0.2, -0.15) is 0 Å². The largest absolute Gasteiger partial charge is 0.507 e. The second-order valence-corrected chi connectivity index (χ2v) is 6.60. The van der Waals surface area contributed by atoms with Crippen LogP contribution >= 0.6 is 0 Å². The van der Waals surface area contributed by atoms with Crippen LogP contribution in [0.3, 0.4) is 0 Å². The molecule has 0 saturated carbocycles. The van der Waals surface area contributed by atoms with E-state index in [4.69, 9.17) is 0 Å². The highest BCUT2D eigenvalue weighted by Crippen LogP contribution is 2.40.